The molecule has 0 bridgehead atoms. The van der Waals surface area contributed by atoms with Crippen LogP contribution < -0.4 is 9.64 Å². The second-order valence-corrected chi connectivity index (χ2v) is 7.50. The van der Waals surface area contributed by atoms with Crippen LogP contribution in [-0.2, 0) is 0 Å². The van der Waals surface area contributed by atoms with Crippen LogP contribution in [0.5, 0.6) is 5.88 Å². The predicted molar refractivity (Wildman–Crippen MR) is 99.2 cm³/mol. The van der Waals surface area contributed by atoms with E-state index >= 15 is 0 Å². The first-order valence-electron chi connectivity index (χ1n) is 9.31. The van der Waals surface area contributed by atoms with Crippen LogP contribution >= 0.6 is 0 Å². The molecule has 7 heteroatoms. The summed E-state index contributed by atoms with van der Waals surface area (Å²) in [5.41, 5.74) is 2.46. The Kier molecular flexibility index (Phi) is 3.55. The average Bonchev–Trinajstić information content (AvgIpc) is 3.25. The maximum absolute atomic E-state index is 6.01. The Morgan fingerprint density at radius 2 is 1.92 bits per heavy atom. The summed E-state index contributed by atoms with van der Waals surface area (Å²) in [6.45, 7) is 4.22. The van der Waals surface area contributed by atoms with E-state index in [9.17, 15) is 0 Å². The van der Waals surface area contributed by atoms with Crippen LogP contribution in [0.15, 0.2) is 24.7 Å². The highest BCUT2D eigenvalue weighted by Crippen LogP contribution is 2.39. The number of nitrogens with one attached hydrogen (secondary N) is 1. The van der Waals surface area contributed by atoms with Crippen LogP contribution in [0, 0.1) is 0 Å². The van der Waals surface area contributed by atoms with Gasteiger partial charge < -0.3 is 9.64 Å². The van der Waals surface area contributed by atoms with Gasteiger partial charge >= 0.3 is 0 Å². The lowest BCUT2D eigenvalue weighted by Gasteiger charge is -2.27. The summed E-state index contributed by atoms with van der Waals surface area (Å²) in [5.74, 6) is 1.62. The number of anilines is 1. The van der Waals surface area contributed by atoms with Gasteiger partial charge in [0.15, 0.2) is 0 Å². The van der Waals surface area contributed by atoms with Crippen LogP contribution in [0.3, 0.4) is 0 Å². The minimum Gasteiger partial charge on any atom is -0.471 e. The maximum atomic E-state index is 6.01. The Morgan fingerprint density at radius 3 is 2.73 bits per heavy atom. The molecule has 2 aliphatic rings. The van der Waals surface area contributed by atoms with Crippen molar-refractivity contribution in [3.63, 3.8) is 0 Å². The van der Waals surface area contributed by atoms with Crippen molar-refractivity contribution < 1.29 is 4.74 Å². The van der Waals surface area contributed by atoms with Crippen molar-refractivity contribution in [2.45, 2.75) is 44.6 Å². The van der Waals surface area contributed by atoms with Crippen molar-refractivity contribution in [2.24, 2.45) is 0 Å². The Bertz CT molecular complexity index is 942. The first kappa shape index (κ1) is 15.5. The zero-order valence-electron chi connectivity index (χ0n) is 14.9. The minimum absolute atomic E-state index is 0.0546. The summed E-state index contributed by atoms with van der Waals surface area (Å²) in [4.78, 5) is 15.7. The Balaban J connectivity index is 1.50. The predicted octanol–water partition coefficient (Wildman–Crippen LogP) is 3.34. The number of aromatic amines is 1. The van der Waals surface area contributed by atoms with Gasteiger partial charge in [0.1, 0.15) is 23.4 Å². The molecule has 1 saturated carbocycles. The molecule has 134 valence electrons. The molecule has 4 heterocycles. The highest BCUT2D eigenvalue weighted by atomic mass is 16.5. The number of ether oxygens (including phenoxy) is 1. The van der Waals surface area contributed by atoms with E-state index in [1.54, 1.807) is 12.5 Å². The van der Waals surface area contributed by atoms with Gasteiger partial charge in [-0.3, -0.25) is 5.10 Å². The van der Waals surface area contributed by atoms with E-state index in [0.29, 0.717) is 5.88 Å². The van der Waals surface area contributed by atoms with Crippen molar-refractivity contribution in [1.82, 2.24) is 25.1 Å². The molecule has 3 aromatic heterocycles. The molecule has 1 aliphatic heterocycles. The fraction of sp³-hybridized carbons (Fsp3) is 0.474. The summed E-state index contributed by atoms with van der Waals surface area (Å²) < 4.78 is 6.01. The van der Waals surface area contributed by atoms with Gasteiger partial charge in [0.2, 0.25) is 5.88 Å². The molecular formula is C19H22N6O. The highest BCUT2D eigenvalue weighted by molar-refractivity contribution is 5.92. The van der Waals surface area contributed by atoms with E-state index in [4.69, 9.17) is 4.74 Å². The molecule has 0 aromatic carbocycles. The summed E-state index contributed by atoms with van der Waals surface area (Å²) in [5, 5.41) is 8.50. The third-order valence-electron chi connectivity index (χ3n) is 5.30. The van der Waals surface area contributed by atoms with Gasteiger partial charge in [0.05, 0.1) is 17.4 Å². The van der Waals surface area contributed by atoms with Crippen molar-refractivity contribution in [1.29, 1.82) is 0 Å². The number of pyridine rings is 1. The van der Waals surface area contributed by atoms with E-state index in [0.717, 1.165) is 54.0 Å². The molecule has 1 saturated heterocycles. The Morgan fingerprint density at radius 1 is 1.08 bits per heavy atom. The summed E-state index contributed by atoms with van der Waals surface area (Å²) >= 11 is 0. The largest absolute Gasteiger partial charge is 0.471 e. The van der Waals surface area contributed by atoms with Crippen molar-refractivity contribution in [2.75, 3.05) is 18.0 Å². The number of hydrogen-bond donors (Lipinski definition) is 1. The quantitative estimate of drug-likeness (QED) is 0.777. The summed E-state index contributed by atoms with van der Waals surface area (Å²) in [7, 11) is 0. The van der Waals surface area contributed by atoms with Gasteiger partial charge in [0.25, 0.3) is 0 Å². The zero-order chi connectivity index (χ0) is 17.6. The number of piperidine rings is 1. The van der Waals surface area contributed by atoms with E-state index in [1.807, 2.05) is 12.1 Å². The lowest BCUT2D eigenvalue weighted by Crippen LogP contribution is -2.30. The highest BCUT2D eigenvalue weighted by Gasteiger charge is 2.40. The fourth-order valence-electron chi connectivity index (χ4n) is 3.45. The lowest BCUT2D eigenvalue weighted by atomic mass is 10.1. The van der Waals surface area contributed by atoms with Crippen LogP contribution in [0.2, 0.25) is 0 Å². The third-order valence-corrected chi connectivity index (χ3v) is 5.30. The van der Waals surface area contributed by atoms with Crippen LogP contribution in [-0.4, -0.2) is 43.8 Å². The van der Waals surface area contributed by atoms with Crippen LogP contribution in [0.25, 0.3) is 22.3 Å². The van der Waals surface area contributed by atoms with E-state index in [-0.39, 0.29) is 5.60 Å². The van der Waals surface area contributed by atoms with Crippen molar-refractivity contribution in [3.8, 4) is 17.3 Å². The Labute approximate surface area is 151 Å². The van der Waals surface area contributed by atoms with Gasteiger partial charge in [-0.25, -0.2) is 15.0 Å². The molecule has 0 amide bonds. The SMILES string of the molecule is CC1(Oc2cc3c(-c4cc(N5CCCCC5)ncn4)n[nH]c3cn2)CC1. The number of fused-ring (bicyclic) bond motifs is 1. The van der Waals surface area contributed by atoms with Crippen LogP contribution in [0.4, 0.5) is 5.82 Å². The molecule has 1 N–H and O–H groups in total. The molecule has 0 unspecified atom stereocenters. The molecule has 2 fully saturated rings. The van der Waals surface area contributed by atoms with Gasteiger partial charge in [-0.1, -0.05) is 0 Å². The first-order chi connectivity index (χ1) is 12.7. The normalized spacial score (nSPS) is 18.9. The Hall–Kier alpha value is -2.70. The van der Waals surface area contributed by atoms with E-state index in [1.165, 1.54) is 19.3 Å². The number of hydrogen-bond acceptors (Lipinski definition) is 6. The molecule has 0 radical (unpaired) electrons. The number of nitrogens with zero attached hydrogens (tertiary/aromatic N) is 5. The molecule has 5 rings (SSSR count). The number of rotatable bonds is 4. The monoisotopic (exact) mass is 350 g/mol. The van der Waals surface area contributed by atoms with E-state index < -0.39 is 0 Å². The molecule has 26 heavy (non-hydrogen) atoms. The lowest BCUT2D eigenvalue weighted by molar-refractivity contribution is 0.192. The summed E-state index contributed by atoms with van der Waals surface area (Å²) in [6, 6.07) is 3.99. The molecule has 0 atom stereocenters. The fourth-order valence-corrected chi connectivity index (χ4v) is 3.45. The van der Waals surface area contributed by atoms with Gasteiger partial charge in [0, 0.05) is 30.6 Å². The standard InChI is InChI=1S/C19H22N6O/c1-19(5-6-19)26-17-9-13-15(11-20-17)23-24-18(13)14-10-16(22-12-21-14)25-7-3-2-4-8-25/h9-12H,2-8H2,1H3,(H,23,24). The van der Waals surface area contributed by atoms with Crippen molar-refractivity contribution >= 4 is 16.7 Å². The number of aromatic nitrogens is 5. The van der Waals surface area contributed by atoms with Gasteiger partial charge in [-0.05, 0) is 39.0 Å². The third kappa shape index (κ3) is 2.87. The molecular weight excluding hydrogens is 328 g/mol. The zero-order valence-corrected chi connectivity index (χ0v) is 14.9. The topological polar surface area (TPSA) is 79.8 Å². The second kappa shape index (κ2) is 5.93. The minimum atomic E-state index is -0.0546. The van der Waals surface area contributed by atoms with Crippen molar-refractivity contribution in [3.05, 3.63) is 24.7 Å². The molecule has 3 aromatic rings. The maximum Gasteiger partial charge on any atom is 0.214 e. The smallest absolute Gasteiger partial charge is 0.214 e. The van der Waals surface area contributed by atoms with Gasteiger partial charge in [-0.2, -0.15) is 5.10 Å². The summed E-state index contributed by atoms with van der Waals surface area (Å²) in [6.07, 6.45) is 9.30. The molecule has 1 aliphatic carbocycles. The van der Waals surface area contributed by atoms with E-state index in [2.05, 4.69) is 37.0 Å². The number of H-pyrrole nitrogens is 1. The first-order valence-corrected chi connectivity index (χ1v) is 9.31. The van der Waals surface area contributed by atoms with Crippen LogP contribution in [0.1, 0.15) is 39.0 Å². The van der Waals surface area contributed by atoms with Gasteiger partial charge in [-0.15, -0.1) is 0 Å². The second-order valence-electron chi connectivity index (χ2n) is 7.50. The molecule has 7 nitrogen and oxygen atoms in total. The average molecular weight is 350 g/mol. The molecule has 0 spiro atoms.